The van der Waals surface area contributed by atoms with Crippen molar-refractivity contribution in [2.45, 2.75) is 39.7 Å². The molecule has 0 spiro atoms. The number of nitrogens with two attached hydrogens (primary N) is 1. The monoisotopic (exact) mass is 214 g/mol. The van der Waals surface area contributed by atoms with E-state index in [-0.39, 0.29) is 11.9 Å². The van der Waals surface area contributed by atoms with E-state index in [0.29, 0.717) is 12.5 Å². The molecule has 1 fully saturated rings. The molecule has 2 N–H and O–H groups in total. The van der Waals surface area contributed by atoms with Crippen molar-refractivity contribution in [1.29, 1.82) is 0 Å². The maximum absolute atomic E-state index is 11.8. The Hall–Kier alpha value is -0.610. The Bertz CT molecular complexity index is 225. The van der Waals surface area contributed by atoms with Gasteiger partial charge in [0.1, 0.15) is 5.60 Å². The van der Waals surface area contributed by atoms with Gasteiger partial charge in [0.05, 0.1) is 5.92 Å². The summed E-state index contributed by atoms with van der Waals surface area (Å²) in [5.41, 5.74) is -0.406. The summed E-state index contributed by atoms with van der Waals surface area (Å²) < 4.78 is 5.35. The van der Waals surface area contributed by atoms with Crippen molar-refractivity contribution >= 4 is 5.97 Å². The smallest absolute Gasteiger partial charge is 0.310 e. The lowest BCUT2D eigenvalue weighted by Crippen LogP contribution is -2.47. The number of hydrogen-bond acceptors (Lipinski definition) is 4. The van der Waals surface area contributed by atoms with E-state index in [9.17, 15) is 4.79 Å². The molecule has 0 aromatic rings. The third-order valence-electron chi connectivity index (χ3n) is 2.43. The second kappa shape index (κ2) is 4.49. The van der Waals surface area contributed by atoms with Crippen LogP contribution in [0.15, 0.2) is 0 Å². The average Bonchev–Trinajstić information content (AvgIpc) is 1.98. The van der Waals surface area contributed by atoms with Gasteiger partial charge in [-0.2, -0.15) is 0 Å². The number of nitrogens with zero attached hydrogens (tertiary/aromatic N) is 1. The zero-order chi connectivity index (χ0) is 11.6. The summed E-state index contributed by atoms with van der Waals surface area (Å²) in [4.78, 5) is 11.8. The lowest BCUT2D eigenvalue weighted by molar-refractivity contribution is -0.162. The maximum atomic E-state index is 11.8. The van der Waals surface area contributed by atoms with Crippen LogP contribution >= 0.6 is 0 Å². The predicted molar refractivity (Wildman–Crippen MR) is 58.9 cm³/mol. The molecule has 88 valence electrons. The van der Waals surface area contributed by atoms with Gasteiger partial charge >= 0.3 is 5.97 Å². The van der Waals surface area contributed by atoms with Crippen molar-refractivity contribution in [3.8, 4) is 0 Å². The SMILES string of the molecule is C[C@H]1C[C@H](C(=O)OC(C)(C)C)CN(N)C1. The number of piperidine rings is 1. The van der Waals surface area contributed by atoms with E-state index in [0.717, 1.165) is 13.0 Å². The van der Waals surface area contributed by atoms with Crippen LogP contribution in [0, 0.1) is 11.8 Å². The lowest BCUT2D eigenvalue weighted by Gasteiger charge is -2.33. The van der Waals surface area contributed by atoms with E-state index in [1.807, 2.05) is 20.8 Å². The van der Waals surface area contributed by atoms with Crippen molar-refractivity contribution in [2.24, 2.45) is 17.7 Å². The highest BCUT2D eigenvalue weighted by molar-refractivity contribution is 5.73. The molecule has 1 aliphatic rings. The standard InChI is InChI=1S/C11H22N2O2/c1-8-5-9(7-13(12)6-8)10(14)15-11(2,3)4/h8-9H,5-7,12H2,1-4H3/t8-,9-/m0/s1. The summed E-state index contributed by atoms with van der Waals surface area (Å²) in [5.74, 6) is 6.01. The molecule has 0 amide bonds. The molecule has 0 aliphatic carbocycles. The van der Waals surface area contributed by atoms with Crippen molar-refractivity contribution in [3.05, 3.63) is 0 Å². The van der Waals surface area contributed by atoms with Crippen molar-refractivity contribution in [2.75, 3.05) is 13.1 Å². The Balaban J connectivity index is 2.52. The Kier molecular flexibility index (Phi) is 3.73. The van der Waals surface area contributed by atoms with Crippen molar-refractivity contribution < 1.29 is 9.53 Å². The van der Waals surface area contributed by atoms with Crippen molar-refractivity contribution in [1.82, 2.24) is 5.01 Å². The molecule has 2 atom stereocenters. The first-order valence-corrected chi connectivity index (χ1v) is 5.50. The number of hydrazine groups is 1. The molecule has 15 heavy (non-hydrogen) atoms. The van der Waals surface area contributed by atoms with Gasteiger partial charge < -0.3 is 4.74 Å². The van der Waals surface area contributed by atoms with E-state index in [2.05, 4.69) is 6.92 Å². The first kappa shape index (κ1) is 12.5. The maximum Gasteiger partial charge on any atom is 0.310 e. The summed E-state index contributed by atoms with van der Waals surface area (Å²) in [6.07, 6.45) is 0.878. The average molecular weight is 214 g/mol. The molecular formula is C11H22N2O2. The third-order valence-corrected chi connectivity index (χ3v) is 2.43. The summed E-state index contributed by atoms with van der Waals surface area (Å²) >= 11 is 0. The minimum absolute atomic E-state index is 0.0713. The van der Waals surface area contributed by atoms with Gasteiger partial charge in [-0.15, -0.1) is 0 Å². The third kappa shape index (κ3) is 4.18. The van der Waals surface area contributed by atoms with Crippen LogP contribution in [0.4, 0.5) is 0 Å². The van der Waals surface area contributed by atoms with Crippen LogP contribution in [0.5, 0.6) is 0 Å². The highest BCUT2D eigenvalue weighted by atomic mass is 16.6. The molecule has 1 aliphatic heterocycles. The molecule has 0 unspecified atom stereocenters. The van der Waals surface area contributed by atoms with Gasteiger partial charge in [-0.3, -0.25) is 10.6 Å². The van der Waals surface area contributed by atoms with Crippen LogP contribution in [-0.4, -0.2) is 29.7 Å². The van der Waals surface area contributed by atoms with Crippen molar-refractivity contribution in [3.63, 3.8) is 0 Å². The zero-order valence-electron chi connectivity index (χ0n) is 10.1. The molecule has 1 saturated heterocycles. The number of hydrogen-bond donors (Lipinski definition) is 1. The summed E-state index contributed by atoms with van der Waals surface area (Å²) in [7, 11) is 0. The Labute approximate surface area is 91.7 Å². The minimum Gasteiger partial charge on any atom is -0.460 e. The van der Waals surface area contributed by atoms with E-state index >= 15 is 0 Å². The first-order chi connectivity index (χ1) is 6.78. The fraction of sp³-hybridized carbons (Fsp3) is 0.909. The molecule has 1 heterocycles. The summed E-state index contributed by atoms with van der Waals surface area (Å²) in [6.45, 7) is 9.24. The van der Waals surface area contributed by atoms with Gasteiger partial charge in [0.2, 0.25) is 0 Å². The predicted octanol–water partition coefficient (Wildman–Crippen LogP) is 1.16. The first-order valence-electron chi connectivity index (χ1n) is 5.50. The van der Waals surface area contributed by atoms with Crippen LogP contribution in [0.25, 0.3) is 0 Å². The van der Waals surface area contributed by atoms with Crippen LogP contribution < -0.4 is 5.84 Å². The Morgan fingerprint density at radius 3 is 2.47 bits per heavy atom. The Morgan fingerprint density at radius 1 is 1.40 bits per heavy atom. The van der Waals surface area contributed by atoms with Gasteiger partial charge in [0.15, 0.2) is 0 Å². The summed E-state index contributed by atoms with van der Waals surface area (Å²) in [6, 6.07) is 0. The van der Waals surface area contributed by atoms with Gasteiger partial charge in [-0.25, -0.2) is 5.01 Å². The van der Waals surface area contributed by atoms with Crippen LogP contribution in [0.1, 0.15) is 34.1 Å². The molecular weight excluding hydrogens is 192 g/mol. The highest BCUT2D eigenvalue weighted by Gasteiger charge is 2.31. The molecule has 0 bridgehead atoms. The van der Waals surface area contributed by atoms with E-state index in [4.69, 9.17) is 10.6 Å². The molecule has 4 heteroatoms. The zero-order valence-corrected chi connectivity index (χ0v) is 10.1. The fourth-order valence-corrected chi connectivity index (χ4v) is 1.95. The molecule has 0 saturated carbocycles. The molecule has 0 radical (unpaired) electrons. The van der Waals surface area contributed by atoms with E-state index < -0.39 is 5.60 Å². The molecule has 0 aromatic carbocycles. The summed E-state index contributed by atoms with van der Waals surface area (Å²) in [5, 5.41) is 1.71. The highest BCUT2D eigenvalue weighted by Crippen LogP contribution is 2.22. The van der Waals surface area contributed by atoms with Crippen LogP contribution in [0.2, 0.25) is 0 Å². The van der Waals surface area contributed by atoms with Gasteiger partial charge in [-0.1, -0.05) is 6.92 Å². The normalized spacial score (nSPS) is 28.9. The number of carbonyl (C=O) groups is 1. The lowest BCUT2D eigenvalue weighted by atomic mass is 9.91. The topological polar surface area (TPSA) is 55.6 Å². The number of carbonyl (C=O) groups excluding carboxylic acids is 1. The second-order valence-electron chi connectivity index (χ2n) is 5.53. The molecule has 4 nitrogen and oxygen atoms in total. The largest absolute Gasteiger partial charge is 0.460 e. The fourth-order valence-electron chi connectivity index (χ4n) is 1.95. The molecule has 1 rings (SSSR count). The number of ether oxygens (including phenoxy) is 1. The van der Waals surface area contributed by atoms with Gasteiger partial charge in [-0.05, 0) is 33.1 Å². The van der Waals surface area contributed by atoms with E-state index in [1.165, 1.54) is 0 Å². The quantitative estimate of drug-likeness (QED) is 0.525. The van der Waals surface area contributed by atoms with Gasteiger partial charge in [0, 0.05) is 13.1 Å². The van der Waals surface area contributed by atoms with Crippen LogP contribution in [-0.2, 0) is 9.53 Å². The minimum atomic E-state index is -0.406. The van der Waals surface area contributed by atoms with E-state index in [1.54, 1.807) is 5.01 Å². The second-order valence-corrected chi connectivity index (χ2v) is 5.53. The Morgan fingerprint density at radius 2 is 2.00 bits per heavy atom. The van der Waals surface area contributed by atoms with Gasteiger partial charge in [0.25, 0.3) is 0 Å². The molecule has 0 aromatic heterocycles. The van der Waals surface area contributed by atoms with Crippen LogP contribution in [0.3, 0.4) is 0 Å². The number of rotatable bonds is 1. The number of esters is 1.